The first-order valence-electron chi connectivity index (χ1n) is 10.2. The molecule has 3 fully saturated rings. The fourth-order valence-electron chi connectivity index (χ4n) is 4.95. The van der Waals surface area contributed by atoms with E-state index in [1.807, 2.05) is 12.1 Å². The van der Waals surface area contributed by atoms with Crippen LogP contribution in [0.4, 0.5) is 4.79 Å². The topological polar surface area (TPSA) is 70.7 Å². The molecule has 2 aromatic rings. The SMILES string of the molecule is O=C1NC(=O)N(CC2CCCO2)C2NCCC(c3ccc4ccccc4c3)C12. The fraction of sp³-hybridized carbons (Fsp3) is 0.455. The van der Waals surface area contributed by atoms with E-state index in [-0.39, 0.29) is 36.0 Å². The number of hydrogen-bond acceptors (Lipinski definition) is 4. The molecule has 0 aromatic heterocycles. The molecule has 3 amide bonds. The number of amides is 3. The first kappa shape index (κ1) is 17.6. The van der Waals surface area contributed by atoms with Gasteiger partial charge in [0.25, 0.3) is 0 Å². The summed E-state index contributed by atoms with van der Waals surface area (Å²) in [4.78, 5) is 27.2. The van der Waals surface area contributed by atoms with E-state index in [9.17, 15) is 9.59 Å². The van der Waals surface area contributed by atoms with Gasteiger partial charge in [0.2, 0.25) is 5.91 Å². The number of fused-ring (bicyclic) bond motifs is 2. The van der Waals surface area contributed by atoms with Crippen molar-refractivity contribution in [2.45, 2.75) is 37.5 Å². The van der Waals surface area contributed by atoms with Gasteiger partial charge in [0.15, 0.2) is 0 Å². The highest BCUT2D eigenvalue weighted by molar-refractivity contribution is 5.99. The molecule has 3 aliphatic heterocycles. The number of carbonyl (C=O) groups excluding carboxylic acids is 2. The van der Waals surface area contributed by atoms with Gasteiger partial charge in [0.05, 0.1) is 24.7 Å². The Balaban J connectivity index is 1.46. The zero-order valence-corrected chi connectivity index (χ0v) is 15.8. The van der Waals surface area contributed by atoms with Gasteiger partial charge < -0.3 is 9.64 Å². The fourth-order valence-corrected chi connectivity index (χ4v) is 4.95. The van der Waals surface area contributed by atoms with Crippen molar-refractivity contribution in [3.05, 3.63) is 48.0 Å². The zero-order chi connectivity index (χ0) is 19.1. The van der Waals surface area contributed by atoms with Gasteiger partial charge in [-0.1, -0.05) is 42.5 Å². The van der Waals surface area contributed by atoms with Gasteiger partial charge in [-0.3, -0.25) is 15.4 Å². The molecule has 3 aliphatic rings. The van der Waals surface area contributed by atoms with Crippen LogP contribution in [0.15, 0.2) is 42.5 Å². The van der Waals surface area contributed by atoms with E-state index in [0.717, 1.165) is 38.0 Å². The lowest BCUT2D eigenvalue weighted by Gasteiger charge is -2.47. The average molecular weight is 379 g/mol. The number of benzene rings is 2. The van der Waals surface area contributed by atoms with Crippen molar-refractivity contribution in [1.82, 2.24) is 15.5 Å². The minimum absolute atomic E-state index is 0.0578. The Morgan fingerprint density at radius 3 is 2.75 bits per heavy atom. The maximum absolute atomic E-state index is 12.8. The standard InChI is InChI=1S/C22H25N3O3/c26-21-19-18(16-8-7-14-4-1-2-5-15(14)12-16)9-10-23-20(19)25(22(27)24-21)13-17-6-3-11-28-17/h1-2,4-5,7-8,12,17-20,23H,3,6,9-11,13H2,(H,24,26,27). The Hall–Kier alpha value is -2.44. The summed E-state index contributed by atoms with van der Waals surface area (Å²) in [5.74, 6) is -0.395. The molecule has 3 saturated heterocycles. The summed E-state index contributed by atoms with van der Waals surface area (Å²) in [7, 11) is 0. The van der Waals surface area contributed by atoms with Crippen molar-refractivity contribution in [2.75, 3.05) is 19.7 Å². The number of carbonyl (C=O) groups is 2. The highest BCUT2D eigenvalue weighted by atomic mass is 16.5. The molecule has 0 saturated carbocycles. The lowest BCUT2D eigenvalue weighted by molar-refractivity contribution is -0.131. The minimum Gasteiger partial charge on any atom is -0.376 e. The number of piperidine rings is 1. The van der Waals surface area contributed by atoms with Gasteiger partial charge in [-0.2, -0.15) is 0 Å². The minimum atomic E-state index is -0.312. The van der Waals surface area contributed by atoms with Crippen LogP contribution in [-0.4, -0.2) is 48.8 Å². The molecule has 0 aliphatic carbocycles. The molecule has 28 heavy (non-hydrogen) atoms. The molecule has 5 rings (SSSR count). The van der Waals surface area contributed by atoms with Crippen molar-refractivity contribution < 1.29 is 14.3 Å². The van der Waals surface area contributed by atoms with Gasteiger partial charge in [-0.25, -0.2) is 4.79 Å². The van der Waals surface area contributed by atoms with E-state index in [4.69, 9.17) is 4.74 Å². The molecule has 6 nitrogen and oxygen atoms in total. The van der Waals surface area contributed by atoms with Gasteiger partial charge in [0.1, 0.15) is 0 Å². The number of hydrogen-bond donors (Lipinski definition) is 2. The summed E-state index contributed by atoms with van der Waals surface area (Å²) in [6.45, 7) is 2.05. The molecule has 2 aromatic carbocycles. The lowest BCUT2D eigenvalue weighted by atomic mass is 9.77. The molecule has 0 bridgehead atoms. The number of nitrogens with one attached hydrogen (secondary N) is 2. The molecular weight excluding hydrogens is 354 g/mol. The molecule has 146 valence electrons. The van der Waals surface area contributed by atoms with E-state index in [1.54, 1.807) is 4.90 Å². The molecule has 2 N–H and O–H groups in total. The smallest absolute Gasteiger partial charge is 0.325 e. The Morgan fingerprint density at radius 1 is 1.07 bits per heavy atom. The maximum Gasteiger partial charge on any atom is 0.325 e. The van der Waals surface area contributed by atoms with Crippen LogP contribution in [0.5, 0.6) is 0 Å². The Labute approximate surface area is 164 Å². The zero-order valence-electron chi connectivity index (χ0n) is 15.8. The van der Waals surface area contributed by atoms with Crippen molar-refractivity contribution in [2.24, 2.45) is 5.92 Å². The summed E-state index contributed by atoms with van der Waals surface area (Å²) in [6, 6.07) is 14.4. The maximum atomic E-state index is 12.8. The molecular formula is C22H25N3O3. The van der Waals surface area contributed by atoms with Crippen molar-refractivity contribution in [3.8, 4) is 0 Å². The van der Waals surface area contributed by atoms with Crippen LogP contribution in [0.25, 0.3) is 10.8 Å². The third-order valence-corrected chi connectivity index (χ3v) is 6.34. The van der Waals surface area contributed by atoms with Crippen LogP contribution < -0.4 is 10.6 Å². The first-order valence-corrected chi connectivity index (χ1v) is 10.2. The summed E-state index contributed by atoms with van der Waals surface area (Å²) in [5, 5.41) is 8.40. The predicted molar refractivity (Wildman–Crippen MR) is 106 cm³/mol. The van der Waals surface area contributed by atoms with E-state index in [0.29, 0.717) is 6.54 Å². The highest BCUT2D eigenvalue weighted by Crippen LogP contribution is 2.38. The van der Waals surface area contributed by atoms with E-state index in [2.05, 4.69) is 41.0 Å². The van der Waals surface area contributed by atoms with Crippen molar-refractivity contribution in [3.63, 3.8) is 0 Å². The van der Waals surface area contributed by atoms with Gasteiger partial charge in [0, 0.05) is 12.5 Å². The Bertz CT molecular complexity index is 909. The third kappa shape index (κ3) is 3.06. The van der Waals surface area contributed by atoms with Crippen LogP contribution in [0, 0.1) is 5.92 Å². The second-order valence-electron chi connectivity index (χ2n) is 8.01. The van der Waals surface area contributed by atoms with Crippen molar-refractivity contribution in [1.29, 1.82) is 0 Å². The highest BCUT2D eigenvalue weighted by Gasteiger charge is 2.48. The monoisotopic (exact) mass is 379 g/mol. The largest absolute Gasteiger partial charge is 0.376 e. The number of ether oxygens (including phenoxy) is 1. The second kappa shape index (κ2) is 7.18. The van der Waals surface area contributed by atoms with Crippen LogP contribution >= 0.6 is 0 Å². The Morgan fingerprint density at radius 2 is 1.93 bits per heavy atom. The molecule has 0 spiro atoms. The number of nitrogens with zero attached hydrogens (tertiary/aromatic N) is 1. The van der Waals surface area contributed by atoms with Crippen LogP contribution in [0.3, 0.4) is 0 Å². The summed E-state index contributed by atoms with van der Waals surface area (Å²) in [6.07, 6.45) is 2.64. The summed E-state index contributed by atoms with van der Waals surface area (Å²) < 4.78 is 5.74. The molecule has 4 atom stereocenters. The van der Waals surface area contributed by atoms with Gasteiger partial charge >= 0.3 is 6.03 Å². The summed E-state index contributed by atoms with van der Waals surface area (Å²) >= 11 is 0. The van der Waals surface area contributed by atoms with Crippen LogP contribution in [0.2, 0.25) is 0 Å². The van der Waals surface area contributed by atoms with Gasteiger partial charge in [-0.15, -0.1) is 0 Å². The predicted octanol–water partition coefficient (Wildman–Crippen LogP) is 2.59. The van der Waals surface area contributed by atoms with E-state index >= 15 is 0 Å². The van der Waals surface area contributed by atoms with Crippen molar-refractivity contribution >= 4 is 22.7 Å². The van der Waals surface area contributed by atoms with Gasteiger partial charge in [-0.05, 0) is 42.1 Å². The van der Waals surface area contributed by atoms with E-state index in [1.165, 1.54) is 10.8 Å². The second-order valence-corrected chi connectivity index (χ2v) is 8.01. The number of rotatable bonds is 3. The number of imide groups is 1. The van der Waals surface area contributed by atoms with Crippen LogP contribution in [-0.2, 0) is 9.53 Å². The molecule has 6 heteroatoms. The first-order chi connectivity index (χ1) is 13.7. The van der Waals surface area contributed by atoms with Crippen LogP contribution in [0.1, 0.15) is 30.7 Å². The summed E-state index contributed by atoms with van der Waals surface area (Å²) in [5.41, 5.74) is 1.16. The molecule has 0 radical (unpaired) electrons. The molecule has 3 heterocycles. The lowest BCUT2D eigenvalue weighted by Crippen LogP contribution is -2.68. The Kier molecular flexibility index (Phi) is 4.53. The third-order valence-electron chi connectivity index (χ3n) is 6.34. The normalized spacial score (nSPS) is 30.4. The quantitative estimate of drug-likeness (QED) is 0.860. The number of urea groups is 1. The average Bonchev–Trinajstić information content (AvgIpc) is 3.23. The van der Waals surface area contributed by atoms with E-state index < -0.39 is 0 Å². The molecule has 4 unspecified atom stereocenters.